The number of fused-ring (bicyclic) bond motifs is 1. The number of hydrogen-bond acceptors (Lipinski definition) is 8. The Hall–Kier alpha value is -2.56. The summed E-state index contributed by atoms with van der Waals surface area (Å²) >= 11 is 1.30. The quantitative estimate of drug-likeness (QED) is 0.742. The third-order valence-corrected chi connectivity index (χ3v) is 6.08. The molecule has 1 fully saturated rings. The number of ether oxygens (including phenoxy) is 3. The van der Waals surface area contributed by atoms with Crippen molar-refractivity contribution in [3.05, 3.63) is 34.8 Å². The molecule has 2 aliphatic rings. The van der Waals surface area contributed by atoms with Gasteiger partial charge < -0.3 is 19.1 Å². The molecule has 160 valence electrons. The van der Waals surface area contributed by atoms with Crippen LogP contribution in [-0.2, 0) is 20.7 Å². The Kier molecular flexibility index (Phi) is 6.26. The molecule has 3 heterocycles. The number of aromatic nitrogens is 2. The standard InChI is InChI=1S/C20H24N4O5S/c1-27-9-6-17-22-23-19(30-17)21-16(25)12-24-13-20(7-10-28-11-8-20)29-15-5-3-2-4-14(15)18(24)26/h2-5H,6-13H2,1H3,(H,21,23,25). The zero-order chi connectivity index (χ0) is 21.0. The van der Waals surface area contributed by atoms with E-state index in [1.807, 2.05) is 6.07 Å². The molecule has 0 unspecified atom stereocenters. The van der Waals surface area contributed by atoms with Crippen molar-refractivity contribution in [2.24, 2.45) is 0 Å². The van der Waals surface area contributed by atoms with Crippen LogP contribution in [0.4, 0.5) is 5.13 Å². The van der Waals surface area contributed by atoms with Gasteiger partial charge in [0.15, 0.2) is 0 Å². The van der Waals surface area contributed by atoms with Gasteiger partial charge in [-0.2, -0.15) is 0 Å². The normalized spacial score (nSPS) is 17.9. The molecule has 30 heavy (non-hydrogen) atoms. The molecule has 0 aliphatic carbocycles. The summed E-state index contributed by atoms with van der Waals surface area (Å²) in [5, 5.41) is 12.0. The molecule has 2 aromatic rings. The SMILES string of the molecule is COCCc1nnc(NC(=O)CN2CC3(CCOCC3)Oc3ccccc3C2=O)s1. The number of methoxy groups -OCH3 is 1. The molecule has 0 bridgehead atoms. The van der Waals surface area contributed by atoms with Crippen LogP contribution in [0, 0.1) is 0 Å². The maximum absolute atomic E-state index is 13.2. The number of nitrogens with zero attached hydrogens (tertiary/aromatic N) is 3. The molecule has 0 saturated carbocycles. The zero-order valence-electron chi connectivity index (χ0n) is 16.8. The number of anilines is 1. The molecule has 1 aromatic heterocycles. The minimum absolute atomic E-state index is 0.0912. The number of carbonyl (C=O) groups is 2. The predicted octanol–water partition coefficient (Wildman–Crippen LogP) is 1.75. The summed E-state index contributed by atoms with van der Waals surface area (Å²) in [6.45, 7) is 1.89. The van der Waals surface area contributed by atoms with E-state index >= 15 is 0 Å². The maximum atomic E-state index is 13.2. The van der Waals surface area contributed by atoms with Crippen molar-refractivity contribution in [3.63, 3.8) is 0 Å². The number of carbonyl (C=O) groups excluding carboxylic acids is 2. The minimum Gasteiger partial charge on any atom is -0.484 e. The molecule has 2 amide bonds. The number of rotatable bonds is 6. The van der Waals surface area contributed by atoms with Gasteiger partial charge in [-0.05, 0) is 12.1 Å². The molecular weight excluding hydrogens is 408 g/mol. The lowest BCUT2D eigenvalue weighted by Gasteiger charge is -2.38. The first kappa shape index (κ1) is 20.7. The van der Waals surface area contributed by atoms with Gasteiger partial charge in [0.25, 0.3) is 5.91 Å². The molecule has 1 spiro atoms. The molecule has 10 heteroatoms. The smallest absolute Gasteiger partial charge is 0.258 e. The minimum atomic E-state index is -0.559. The van der Waals surface area contributed by atoms with Gasteiger partial charge in [-0.15, -0.1) is 10.2 Å². The number of amides is 2. The van der Waals surface area contributed by atoms with E-state index < -0.39 is 5.60 Å². The van der Waals surface area contributed by atoms with E-state index in [-0.39, 0.29) is 18.4 Å². The Morgan fingerprint density at radius 1 is 1.30 bits per heavy atom. The number of para-hydroxylation sites is 1. The highest BCUT2D eigenvalue weighted by molar-refractivity contribution is 7.15. The topological polar surface area (TPSA) is 103 Å². The maximum Gasteiger partial charge on any atom is 0.258 e. The third kappa shape index (κ3) is 4.61. The zero-order valence-corrected chi connectivity index (χ0v) is 17.6. The first-order valence-electron chi connectivity index (χ1n) is 9.85. The monoisotopic (exact) mass is 432 g/mol. The van der Waals surface area contributed by atoms with Crippen LogP contribution in [0.15, 0.2) is 24.3 Å². The summed E-state index contributed by atoms with van der Waals surface area (Å²) in [7, 11) is 1.62. The highest BCUT2D eigenvalue weighted by Gasteiger charge is 2.42. The Balaban J connectivity index is 1.49. The number of nitrogens with one attached hydrogen (secondary N) is 1. The molecule has 9 nitrogen and oxygen atoms in total. The Morgan fingerprint density at radius 2 is 2.10 bits per heavy atom. The van der Waals surface area contributed by atoms with E-state index in [0.717, 1.165) is 5.01 Å². The van der Waals surface area contributed by atoms with Gasteiger partial charge in [0.05, 0.1) is 31.9 Å². The van der Waals surface area contributed by atoms with E-state index in [1.54, 1.807) is 30.2 Å². The highest BCUT2D eigenvalue weighted by Crippen LogP contribution is 2.35. The van der Waals surface area contributed by atoms with E-state index in [4.69, 9.17) is 14.2 Å². The van der Waals surface area contributed by atoms with Crippen LogP contribution >= 0.6 is 11.3 Å². The summed E-state index contributed by atoms with van der Waals surface area (Å²) in [5.41, 5.74) is -0.0944. The van der Waals surface area contributed by atoms with Crippen molar-refractivity contribution in [3.8, 4) is 5.75 Å². The first-order chi connectivity index (χ1) is 14.6. The van der Waals surface area contributed by atoms with Crippen LogP contribution in [-0.4, -0.2) is 72.5 Å². The molecule has 1 saturated heterocycles. The largest absolute Gasteiger partial charge is 0.484 e. The predicted molar refractivity (Wildman–Crippen MR) is 110 cm³/mol. The molecule has 0 radical (unpaired) electrons. The van der Waals surface area contributed by atoms with Crippen LogP contribution in [0.25, 0.3) is 0 Å². The van der Waals surface area contributed by atoms with Gasteiger partial charge in [-0.1, -0.05) is 23.5 Å². The lowest BCUT2D eigenvalue weighted by atomic mass is 9.93. The summed E-state index contributed by atoms with van der Waals surface area (Å²) in [4.78, 5) is 27.4. The van der Waals surface area contributed by atoms with Crippen LogP contribution in [0.5, 0.6) is 5.75 Å². The molecule has 1 aromatic carbocycles. The second kappa shape index (κ2) is 9.07. The average Bonchev–Trinajstić information content (AvgIpc) is 3.15. The van der Waals surface area contributed by atoms with Crippen molar-refractivity contribution in [2.75, 3.05) is 45.3 Å². The Bertz CT molecular complexity index is 912. The van der Waals surface area contributed by atoms with Gasteiger partial charge in [-0.25, -0.2) is 0 Å². The van der Waals surface area contributed by atoms with Gasteiger partial charge in [0.1, 0.15) is 22.9 Å². The molecule has 1 N–H and O–H groups in total. The van der Waals surface area contributed by atoms with Gasteiger partial charge in [0.2, 0.25) is 11.0 Å². The molecule has 2 aliphatic heterocycles. The van der Waals surface area contributed by atoms with Crippen LogP contribution < -0.4 is 10.1 Å². The second-order valence-corrected chi connectivity index (χ2v) is 8.41. The van der Waals surface area contributed by atoms with Gasteiger partial charge in [-0.3, -0.25) is 14.9 Å². The summed E-state index contributed by atoms with van der Waals surface area (Å²) in [6.07, 6.45) is 1.95. The highest BCUT2D eigenvalue weighted by atomic mass is 32.1. The Labute approximate surface area is 178 Å². The van der Waals surface area contributed by atoms with E-state index in [2.05, 4.69) is 15.5 Å². The van der Waals surface area contributed by atoms with E-state index in [1.165, 1.54) is 11.3 Å². The average molecular weight is 433 g/mol. The Morgan fingerprint density at radius 3 is 2.90 bits per heavy atom. The van der Waals surface area contributed by atoms with Crippen LogP contribution in [0.3, 0.4) is 0 Å². The molecule has 4 rings (SSSR count). The molecule has 0 atom stereocenters. The molecular formula is C20H24N4O5S. The van der Waals surface area contributed by atoms with Crippen molar-refractivity contribution in [1.82, 2.24) is 15.1 Å². The fourth-order valence-electron chi connectivity index (χ4n) is 3.65. The van der Waals surface area contributed by atoms with Crippen molar-refractivity contribution < 1.29 is 23.8 Å². The summed E-state index contributed by atoms with van der Waals surface area (Å²) in [5.74, 6) is 0.0146. The van der Waals surface area contributed by atoms with E-state index in [9.17, 15) is 9.59 Å². The second-order valence-electron chi connectivity index (χ2n) is 7.35. The van der Waals surface area contributed by atoms with Crippen molar-refractivity contribution >= 4 is 28.3 Å². The summed E-state index contributed by atoms with van der Waals surface area (Å²) < 4.78 is 16.8. The summed E-state index contributed by atoms with van der Waals surface area (Å²) in [6, 6.07) is 7.17. The lowest BCUT2D eigenvalue weighted by Crippen LogP contribution is -2.52. The van der Waals surface area contributed by atoms with Crippen molar-refractivity contribution in [2.45, 2.75) is 24.9 Å². The lowest BCUT2D eigenvalue weighted by molar-refractivity contribution is -0.117. The van der Waals surface area contributed by atoms with Gasteiger partial charge in [0, 0.05) is 26.4 Å². The first-order valence-corrected chi connectivity index (χ1v) is 10.7. The fourth-order valence-corrected chi connectivity index (χ4v) is 4.38. The number of hydrogen-bond donors (Lipinski definition) is 1. The van der Waals surface area contributed by atoms with Crippen LogP contribution in [0.1, 0.15) is 28.2 Å². The number of benzene rings is 1. The fraction of sp³-hybridized carbons (Fsp3) is 0.500. The van der Waals surface area contributed by atoms with Gasteiger partial charge >= 0.3 is 0 Å². The van der Waals surface area contributed by atoms with E-state index in [0.29, 0.717) is 62.1 Å². The van der Waals surface area contributed by atoms with Crippen LogP contribution in [0.2, 0.25) is 0 Å². The van der Waals surface area contributed by atoms with Crippen molar-refractivity contribution in [1.29, 1.82) is 0 Å². The third-order valence-electron chi connectivity index (χ3n) is 5.18.